The van der Waals surface area contributed by atoms with Gasteiger partial charge in [-0.15, -0.1) is 0 Å². The number of hydrogen-bond acceptors (Lipinski definition) is 4. The largest absolute Gasteiger partial charge is 0.290 e. The first kappa shape index (κ1) is 20.3. The molecule has 1 aromatic heterocycles. The van der Waals surface area contributed by atoms with Gasteiger partial charge in [-0.2, -0.15) is 5.10 Å². The van der Waals surface area contributed by atoms with Crippen LogP contribution in [0.15, 0.2) is 59.4 Å². The van der Waals surface area contributed by atoms with Crippen LogP contribution in [0.2, 0.25) is 0 Å². The highest BCUT2D eigenvalue weighted by Crippen LogP contribution is 2.21. The van der Waals surface area contributed by atoms with Gasteiger partial charge in [-0.1, -0.05) is 61.9 Å². The number of rotatable bonds is 6. The minimum absolute atomic E-state index is 0.0918. The van der Waals surface area contributed by atoms with E-state index in [2.05, 4.69) is 16.0 Å². The summed E-state index contributed by atoms with van der Waals surface area (Å²) in [6.45, 7) is 4.12. The van der Waals surface area contributed by atoms with Crippen LogP contribution in [0.3, 0.4) is 0 Å². The van der Waals surface area contributed by atoms with Crippen molar-refractivity contribution in [3.05, 3.63) is 76.2 Å². The van der Waals surface area contributed by atoms with Crippen LogP contribution in [0, 0.1) is 0 Å². The van der Waals surface area contributed by atoms with Crippen LogP contribution in [0.4, 0.5) is 0 Å². The summed E-state index contributed by atoms with van der Waals surface area (Å²) in [5.74, 6) is -1.23. The number of nitrogens with one attached hydrogen (secondary N) is 2. The maximum absolute atomic E-state index is 12.8. The maximum atomic E-state index is 12.8. The first-order valence-electron chi connectivity index (χ1n) is 9.71. The number of aryl methyl sites for hydroxylation is 1. The molecular formula is C22H24N4O3. The molecule has 3 aromatic rings. The van der Waals surface area contributed by atoms with Crippen LogP contribution < -0.4 is 16.4 Å². The Morgan fingerprint density at radius 1 is 0.966 bits per heavy atom. The van der Waals surface area contributed by atoms with Crippen molar-refractivity contribution >= 4 is 22.6 Å². The lowest BCUT2D eigenvalue weighted by molar-refractivity contribution is -0.123. The Morgan fingerprint density at radius 2 is 1.62 bits per heavy atom. The molecule has 0 aliphatic rings. The molecule has 1 heterocycles. The number of carbonyl (C=O) groups excluding carboxylic acids is 2. The molecular weight excluding hydrogens is 368 g/mol. The molecule has 0 saturated heterocycles. The van der Waals surface area contributed by atoms with E-state index in [1.54, 1.807) is 31.2 Å². The molecule has 3 rings (SSSR count). The van der Waals surface area contributed by atoms with Crippen molar-refractivity contribution in [3.63, 3.8) is 0 Å². The fourth-order valence-electron chi connectivity index (χ4n) is 3.31. The molecule has 0 bridgehead atoms. The molecule has 2 amide bonds. The first-order chi connectivity index (χ1) is 14.1. The average Bonchev–Trinajstić information content (AvgIpc) is 2.76. The van der Waals surface area contributed by atoms with Crippen LogP contribution in [-0.2, 0) is 11.3 Å². The Kier molecular flexibility index (Phi) is 6.39. The normalized spacial score (nSPS) is 11.8. The van der Waals surface area contributed by atoms with E-state index in [1.807, 2.05) is 37.3 Å². The minimum atomic E-state index is -0.569. The van der Waals surface area contributed by atoms with Gasteiger partial charge in [0.15, 0.2) is 5.69 Å². The maximum Gasteiger partial charge on any atom is 0.290 e. The molecule has 0 spiro atoms. The fourth-order valence-corrected chi connectivity index (χ4v) is 3.31. The second-order valence-electron chi connectivity index (χ2n) is 6.71. The molecule has 2 N–H and O–H groups in total. The van der Waals surface area contributed by atoms with Gasteiger partial charge in [-0.25, -0.2) is 4.68 Å². The molecule has 7 heteroatoms. The van der Waals surface area contributed by atoms with E-state index in [-0.39, 0.29) is 23.1 Å². The predicted octanol–water partition coefficient (Wildman–Crippen LogP) is 2.76. The number of nitrogens with zero attached hydrogens (tertiary/aromatic N) is 2. The zero-order valence-corrected chi connectivity index (χ0v) is 16.5. The fraction of sp³-hybridized carbons (Fsp3) is 0.273. The summed E-state index contributed by atoms with van der Waals surface area (Å²) in [6.07, 6.45) is 1.49. The molecule has 0 radical (unpaired) electrons. The SMILES string of the molecule is CCC[C@H](C(=O)NNC(=O)c1nn(CC)c(=O)c2ccccc12)c1ccccc1. The van der Waals surface area contributed by atoms with Gasteiger partial charge in [0.05, 0.1) is 11.3 Å². The minimum Gasteiger partial charge on any atom is -0.273 e. The lowest BCUT2D eigenvalue weighted by Crippen LogP contribution is -2.44. The summed E-state index contributed by atoms with van der Waals surface area (Å²) in [4.78, 5) is 37.9. The third-order valence-electron chi connectivity index (χ3n) is 4.78. The molecule has 0 aliphatic heterocycles. The zero-order chi connectivity index (χ0) is 20.8. The van der Waals surface area contributed by atoms with Crippen LogP contribution in [0.1, 0.15) is 48.7 Å². The van der Waals surface area contributed by atoms with Gasteiger partial charge in [-0.05, 0) is 25.0 Å². The van der Waals surface area contributed by atoms with Crippen molar-refractivity contribution in [2.75, 3.05) is 0 Å². The monoisotopic (exact) mass is 392 g/mol. The Morgan fingerprint density at radius 3 is 2.28 bits per heavy atom. The van der Waals surface area contributed by atoms with E-state index in [4.69, 9.17) is 0 Å². The van der Waals surface area contributed by atoms with E-state index in [9.17, 15) is 14.4 Å². The summed E-state index contributed by atoms with van der Waals surface area (Å²) in [5, 5.41) is 5.03. The smallest absolute Gasteiger partial charge is 0.273 e. The quantitative estimate of drug-likeness (QED) is 0.631. The van der Waals surface area contributed by atoms with Crippen LogP contribution in [0.25, 0.3) is 10.8 Å². The highest BCUT2D eigenvalue weighted by Gasteiger charge is 2.21. The van der Waals surface area contributed by atoms with Crippen molar-refractivity contribution in [2.24, 2.45) is 0 Å². The first-order valence-corrected chi connectivity index (χ1v) is 9.71. The van der Waals surface area contributed by atoms with Gasteiger partial charge in [0.2, 0.25) is 5.91 Å². The van der Waals surface area contributed by atoms with E-state index in [0.717, 1.165) is 12.0 Å². The number of amides is 2. The van der Waals surface area contributed by atoms with Crippen molar-refractivity contribution in [3.8, 4) is 0 Å². The molecule has 29 heavy (non-hydrogen) atoms. The lowest BCUT2D eigenvalue weighted by atomic mass is 9.94. The van der Waals surface area contributed by atoms with Crippen molar-refractivity contribution in [2.45, 2.75) is 39.2 Å². The highest BCUT2D eigenvalue weighted by molar-refractivity contribution is 6.05. The third-order valence-corrected chi connectivity index (χ3v) is 4.78. The summed E-state index contributed by atoms with van der Waals surface area (Å²) in [7, 11) is 0. The number of carbonyl (C=O) groups is 2. The standard InChI is InChI=1S/C22H24N4O3/c1-3-10-16(15-11-6-5-7-12-15)20(27)23-24-21(28)19-17-13-8-9-14-18(17)22(29)26(4-2)25-19/h5-9,11-14,16H,3-4,10H2,1-2H3,(H,23,27)(H,24,28)/t16-/m0/s1. The molecule has 150 valence electrons. The summed E-state index contributed by atoms with van der Waals surface area (Å²) in [5.41, 5.74) is 5.70. The second-order valence-corrected chi connectivity index (χ2v) is 6.71. The van der Waals surface area contributed by atoms with E-state index >= 15 is 0 Å². The molecule has 2 aromatic carbocycles. The highest BCUT2D eigenvalue weighted by atomic mass is 16.2. The van der Waals surface area contributed by atoms with Crippen LogP contribution in [0.5, 0.6) is 0 Å². The number of benzene rings is 2. The Hall–Kier alpha value is -3.48. The molecule has 1 atom stereocenters. The molecule has 0 fully saturated rings. The van der Waals surface area contributed by atoms with Gasteiger partial charge in [-0.3, -0.25) is 25.2 Å². The number of aromatic nitrogens is 2. The summed E-state index contributed by atoms with van der Waals surface area (Å²) in [6, 6.07) is 16.3. The van der Waals surface area contributed by atoms with Gasteiger partial charge in [0, 0.05) is 11.9 Å². The van der Waals surface area contributed by atoms with Gasteiger partial charge in [0.1, 0.15) is 0 Å². The average molecular weight is 392 g/mol. The summed E-state index contributed by atoms with van der Waals surface area (Å²) >= 11 is 0. The van der Waals surface area contributed by atoms with Gasteiger partial charge in [0.25, 0.3) is 11.5 Å². The third kappa shape index (κ3) is 4.34. The number of hydrazine groups is 1. The molecule has 0 saturated carbocycles. The second kappa shape index (κ2) is 9.14. The van der Waals surface area contributed by atoms with Crippen LogP contribution in [-0.4, -0.2) is 21.6 Å². The zero-order valence-electron chi connectivity index (χ0n) is 16.5. The molecule has 0 aliphatic carbocycles. The molecule has 0 unspecified atom stereocenters. The van der Waals surface area contributed by atoms with E-state index in [0.29, 0.717) is 23.7 Å². The van der Waals surface area contributed by atoms with Crippen molar-refractivity contribution in [1.82, 2.24) is 20.6 Å². The lowest BCUT2D eigenvalue weighted by Gasteiger charge is -2.17. The number of hydrogen-bond donors (Lipinski definition) is 2. The topological polar surface area (TPSA) is 93.1 Å². The molecule has 7 nitrogen and oxygen atoms in total. The van der Waals surface area contributed by atoms with Gasteiger partial charge < -0.3 is 0 Å². The Labute approximate surface area is 168 Å². The van der Waals surface area contributed by atoms with Crippen molar-refractivity contribution in [1.29, 1.82) is 0 Å². The number of fused-ring (bicyclic) bond motifs is 1. The predicted molar refractivity (Wildman–Crippen MR) is 111 cm³/mol. The van der Waals surface area contributed by atoms with E-state index < -0.39 is 5.91 Å². The van der Waals surface area contributed by atoms with Crippen LogP contribution >= 0.6 is 0 Å². The van der Waals surface area contributed by atoms with E-state index in [1.165, 1.54) is 4.68 Å². The van der Waals surface area contributed by atoms with Crippen molar-refractivity contribution < 1.29 is 9.59 Å². The summed E-state index contributed by atoms with van der Waals surface area (Å²) < 4.78 is 1.24. The Balaban J connectivity index is 1.83. The van der Waals surface area contributed by atoms with Gasteiger partial charge >= 0.3 is 0 Å². The Bertz CT molecular complexity index is 1080.